The minimum absolute atomic E-state index is 0.194. The lowest BCUT2D eigenvalue weighted by Gasteiger charge is -2.37. The van der Waals surface area contributed by atoms with E-state index in [-0.39, 0.29) is 18.4 Å². The van der Waals surface area contributed by atoms with Crippen LogP contribution in [0.1, 0.15) is 45.2 Å². The number of nitrogens with zero attached hydrogens (tertiary/aromatic N) is 2. The molecule has 1 fully saturated rings. The zero-order valence-electron chi connectivity index (χ0n) is 20.1. The first kappa shape index (κ1) is 23.1. The van der Waals surface area contributed by atoms with Crippen molar-refractivity contribution in [2.24, 2.45) is 17.8 Å². The van der Waals surface area contributed by atoms with Gasteiger partial charge in [-0.2, -0.15) is 0 Å². The highest BCUT2D eigenvalue weighted by Gasteiger charge is 2.42. The van der Waals surface area contributed by atoms with E-state index in [1.807, 2.05) is 54.6 Å². The quantitative estimate of drug-likeness (QED) is 0.563. The number of carbonyl (C=O) groups excluding carboxylic acids is 2. The van der Waals surface area contributed by atoms with Crippen molar-refractivity contribution in [3.63, 3.8) is 0 Å². The summed E-state index contributed by atoms with van der Waals surface area (Å²) in [6.45, 7) is 11.1. The number of rotatable bonds is 7. The molecule has 0 aliphatic carbocycles. The Morgan fingerprint density at radius 2 is 1.55 bits per heavy atom. The average Bonchev–Trinajstić information content (AvgIpc) is 3.03. The highest BCUT2D eigenvalue weighted by Crippen LogP contribution is 2.36. The van der Waals surface area contributed by atoms with E-state index in [9.17, 15) is 9.59 Å². The number of likely N-dealkylation sites (tertiary alicyclic amines) is 1. The molecule has 2 aliphatic heterocycles. The zero-order chi connectivity index (χ0) is 23.5. The predicted octanol–water partition coefficient (Wildman–Crippen LogP) is 4.98. The van der Waals surface area contributed by atoms with Gasteiger partial charge in [0.25, 0.3) is 11.8 Å². The number of imide groups is 1. The fraction of sp³-hybridized carbons (Fsp3) is 0.429. The summed E-state index contributed by atoms with van der Waals surface area (Å²) in [6, 6.07) is 17.3. The smallest absolute Gasteiger partial charge is 0.278 e. The summed E-state index contributed by atoms with van der Waals surface area (Å²) < 4.78 is 5.82. The molecule has 0 bridgehead atoms. The lowest BCUT2D eigenvalue weighted by Crippen LogP contribution is -2.41. The van der Waals surface area contributed by atoms with E-state index in [0.29, 0.717) is 35.6 Å². The van der Waals surface area contributed by atoms with Gasteiger partial charge in [-0.3, -0.25) is 14.5 Å². The van der Waals surface area contributed by atoms with Gasteiger partial charge in [0.05, 0.1) is 18.7 Å². The first-order chi connectivity index (χ1) is 15.8. The third-order valence-electron chi connectivity index (χ3n) is 6.24. The SMILES string of the molecule is CC(C)COc1ccc(C2=C(N3CC(C)CC(C)C3)C(=O)N(Cc3ccccc3)C2=O)cc1. The minimum atomic E-state index is -0.222. The Labute approximate surface area is 197 Å². The zero-order valence-corrected chi connectivity index (χ0v) is 20.1. The molecule has 2 heterocycles. The van der Waals surface area contributed by atoms with E-state index >= 15 is 0 Å². The summed E-state index contributed by atoms with van der Waals surface area (Å²) >= 11 is 0. The molecule has 0 aromatic heterocycles. The number of carbonyl (C=O) groups is 2. The molecule has 2 aromatic carbocycles. The van der Waals surface area contributed by atoms with Crippen LogP contribution in [0, 0.1) is 17.8 Å². The van der Waals surface area contributed by atoms with Gasteiger partial charge >= 0.3 is 0 Å². The lowest BCUT2D eigenvalue weighted by molar-refractivity contribution is -0.138. The number of ether oxygens (including phenoxy) is 1. The second kappa shape index (κ2) is 9.82. The first-order valence-corrected chi connectivity index (χ1v) is 12.0. The van der Waals surface area contributed by atoms with Crippen molar-refractivity contribution in [2.45, 2.75) is 40.7 Å². The highest BCUT2D eigenvalue weighted by atomic mass is 16.5. The molecule has 0 radical (unpaired) electrons. The monoisotopic (exact) mass is 446 g/mol. The van der Waals surface area contributed by atoms with Crippen molar-refractivity contribution in [1.82, 2.24) is 9.80 Å². The predicted molar refractivity (Wildman–Crippen MR) is 130 cm³/mol. The van der Waals surface area contributed by atoms with Crippen LogP contribution in [0.15, 0.2) is 60.3 Å². The van der Waals surface area contributed by atoms with Gasteiger partial charge in [-0.15, -0.1) is 0 Å². The van der Waals surface area contributed by atoms with Crippen molar-refractivity contribution >= 4 is 17.4 Å². The van der Waals surface area contributed by atoms with Gasteiger partial charge < -0.3 is 9.64 Å². The van der Waals surface area contributed by atoms with Crippen LogP contribution in [0.2, 0.25) is 0 Å². The average molecular weight is 447 g/mol. The van der Waals surface area contributed by atoms with Gasteiger partial charge in [0.1, 0.15) is 11.4 Å². The Morgan fingerprint density at radius 3 is 2.15 bits per heavy atom. The summed E-state index contributed by atoms with van der Waals surface area (Å²) in [7, 11) is 0. The number of amides is 2. The van der Waals surface area contributed by atoms with Gasteiger partial charge in [-0.25, -0.2) is 0 Å². The number of hydrogen-bond donors (Lipinski definition) is 0. The van der Waals surface area contributed by atoms with Gasteiger partial charge in [0, 0.05) is 13.1 Å². The normalized spacial score (nSPS) is 21.4. The third-order valence-corrected chi connectivity index (χ3v) is 6.24. The van der Waals surface area contributed by atoms with Crippen molar-refractivity contribution in [3.8, 4) is 5.75 Å². The van der Waals surface area contributed by atoms with E-state index in [0.717, 1.165) is 36.4 Å². The van der Waals surface area contributed by atoms with Crippen molar-refractivity contribution < 1.29 is 14.3 Å². The van der Waals surface area contributed by atoms with Crippen molar-refractivity contribution in [3.05, 3.63) is 71.4 Å². The summed E-state index contributed by atoms with van der Waals surface area (Å²) in [4.78, 5) is 30.8. The molecule has 1 saturated heterocycles. The Kier molecular flexibility index (Phi) is 6.87. The molecule has 33 heavy (non-hydrogen) atoms. The van der Waals surface area contributed by atoms with E-state index in [1.54, 1.807) is 0 Å². The second-order valence-corrected chi connectivity index (χ2v) is 9.99. The third kappa shape index (κ3) is 5.13. The summed E-state index contributed by atoms with van der Waals surface area (Å²) in [5.74, 6) is 1.73. The molecule has 0 saturated carbocycles. The van der Waals surface area contributed by atoms with Crippen LogP contribution in [0.4, 0.5) is 0 Å². The molecular formula is C28H34N2O3. The Balaban J connectivity index is 1.69. The molecule has 5 nitrogen and oxygen atoms in total. The first-order valence-electron chi connectivity index (χ1n) is 12.0. The van der Waals surface area contributed by atoms with Crippen LogP contribution in [0.25, 0.3) is 5.57 Å². The van der Waals surface area contributed by atoms with Crippen molar-refractivity contribution in [1.29, 1.82) is 0 Å². The van der Waals surface area contributed by atoms with E-state index in [1.165, 1.54) is 4.90 Å². The van der Waals surface area contributed by atoms with Crippen molar-refractivity contribution in [2.75, 3.05) is 19.7 Å². The van der Waals surface area contributed by atoms with E-state index in [4.69, 9.17) is 4.74 Å². The van der Waals surface area contributed by atoms with E-state index in [2.05, 4.69) is 32.6 Å². The molecule has 0 spiro atoms. The molecule has 174 valence electrons. The van der Waals surface area contributed by atoms with Gasteiger partial charge in [-0.05, 0) is 47.4 Å². The second-order valence-electron chi connectivity index (χ2n) is 9.99. The summed E-state index contributed by atoms with van der Waals surface area (Å²) in [6.07, 6.45) is 1.14. The molecule has 2 amide bonds. The minimum Gasteiger partial charge on any atom is -0.493 e. The van der Waals surface area contributed by atoms with Gasteiger partial charge in [0.15, 0.2) is 0 Å². The van der Waals surface area contributed by atoms with Crippen LogP contribution in [0.5, 0.6) is 5.75 Å². The molecule has 4 rings (SSSR count). The molecule has 2 aromatic rings. The summed E-state index contributed by atoms with van der Waals surface area (Å²) in [5, 5.41) is 0. The Hall–Kier alpha value is -3.08. The molecule has 0 N–H and O–H groups in total. The standard InChI is InChI=1S/C28H34N2O3/c1-19(2)18-33-24-12-10-23(11-13-24)25-26(29-15-20(3)14-21(4)16-29)28(32)30(27(25)31)17-22-8-6-5-7-9-22/h5-13,19-21H,14-18H2,1-4H3. The van der Waals surface area contributed by atoms with E-state index < -0.39 is 0 Å². The molecule has 5 heteroatoms. The number of piperidine rings is 1. The lowest BCUT2D eigenvalue weighted by atomic mass is 9.91. The van der Waals surface area contributed by atoms with Crippen LogP contribution in [-0.4, -0.2) is 41.3 Å². The molecule has 2 aliphatic rings. The highest BCUT2D eigenvalue weighted by molar-refractivity contribution is 6.35. The molecule has 2 atom stereocenters. The maximum atomic E-state index is 13.6. The van der Waals surface area contributed by atoms with Crippen LogP contribution in [-0.2, 0) is 16.1 Å². The molecular weight excluding hydrogens is 412 g/mol. The van der Waals surface area contributed by atoms with Gasteiger partial charge in [0.2, 0.25) is 0 Å². The maximum absolute atomic E-state index is 13.6. The largest absolute Gasteiger partial charge is 0.493 e. The fourth-order valence-electron chi connectivity index (χ4n) is 4.85. The van der Waals surface area contributed by atoms with Gasteiger partial charge in [-0.1, -0.05) is 70.2 Å². The number of benzene rings is 2. The summed E-state index contributed by atoms with van der Waals surface area (Å²) in [5.41, 5.74) is 2.76. The Bertz CT molecular complexity index is 1020. The van der Waals surface area contributed by atoms with Crippen LogP contribution >= 0.6 is 0 Å². The fourth-order valence-corrected chi connectivity index (χ4v) is 4.85. The van der Waals surface area contributed by atoms with Crippen LogP contribution < -0.4 is 4.74 Å². The maximum Gasteiger partial charge on any atom is 0.278 e. The molecule has 2 unspecified atom stereocenters. The van der Waals surface area contributed by atoms with Crippen LogP contribution in [0.3, 0.4) is 0 Å². The number of hydrogen-bond acceptors (Lipinski definition) is 4. The topological polar surface area (TPSA) is 49.9 Å². The Morgan fingerprint density at radius 1 is 0.909 bits per heavy atom.